The van der Waals surface area contributed by atoms with Crippen molar-refractivity contribution in [3.8, 4) is 0 Å². The molecule has 0 amide bonds. The monoisotopic (exact) mass is 516 g/mol. The van der Waals surface area contributed by atoms with Crippen LogP contribution in [0.2, 0.25) is 5.02 Å². The van der Waals surface area contributed by atoms with Gasteiger partial charge in [-0.15, -0.1) is 11.3 Å². The van der Waals surface area contributed by atoms with E-state index in [1.807, 2.05) is 36.7 Å². The van der Waals surface area contributed by atoms with Gasteiger partial charge in [-0.1, -0.05) is 42.6 Å². The van der Waals surface area contributed by atoms with Crippen LogP contribution in [0.1, 0.15) is 45.4 Å². The maximum absolute atomic E-state index is 13.5. The zero-order valence-corrected chi connectivity index (χ0v) is 22.3. The molecule has 34 heavy (non-hydrogen) atoms. The van der Waals surface area contributed by atoms with E-state index in [4.69, 9.17) is 16.3 Å². The number of likely N-dealkylation sites (N-methyl/N-ethyl adjacent to an activating group) is 1. The third-order valence-corrected chi connectivity index (χ3v) is 10.9. The summed E-state index contributed by atoms with van der Waals surface area (Å²) in [5.41, 5.74) is 1.12. The van der Waals surface area contributed by atoms with Gasteiger partial charge >= 0.3 is 5.90 Å². The fourth-order valence-corrected chi connectivity index (χ4v) is 8.95. The summed E-state index contributed by atoms with van der Waals surface area (Å²) in [7, 11) is 4.18. The van der Waals surface area contributed by atoms with Crippen molar-refractivity contribution in [3.05, 3.63) is 42.8 Å². The molecule has 180 valence electrons. The van der Waals surface area contributed by atoms with E-state index in [0.29, 0.717) is 29.6 Å². The number of aromatic nitrogens is 1. The Balaban J connectivity index is 1.41. The number of ether oxygens (including phenoxy) is 1. The van der Waals surface area contributed by atoms with Crippen LogP contribution in [-0.2, 0) is 11.3 Å². The van der Waals surface area contributed by atoms with Crippen LogP contribution in [0.4, 0.5) is 5.69 Å². The molecule has 3 heterocycles. The molecule has 4 unspecified atom stereocenters. The molecule has 4 atom stereocenters. The van der Waals surface area contributed by atoms with Gasteiger partial charge in [-0.2, -0.15) is 4.58 Å². The van der Waals surface area contributed by atoms with Gasteiger partial charge < -0.3 is 9.64 Å². The molecule has 0 bridgehead atoms. The highest BCUT2D eigenvalue weighted by atomic mass is 35.5. The first-order valence-electron chi connectivity index (χ1n) is 12.4. The third kappa shape index (κ3) is 3.58. The first-order chi connectivity index (χ1) is 16.5. The van der Waals surface area contributed by atoms with Crippen LogP contribution in [0.15, 0.2) is 27.9 Å². The summed E-state index contributed by atoms with van der Waals surface area (Å²) in [5.74, 6) is 2.42. The lowest BCUT2D eigenvalue weighted by atomic mass is 9.68. The van der Waals surface area contributed by atoms with Crippen molar-refractivity contribution in [2.24, 2.45) is 11.8 Å². The van der Waals surface area contributed by atoms with Gasteiger partial charge in [0, 0.05) is 35.8 Å². The average molecular weight is 517 g/mol. The lowest BCUT2D eigenvalue weighted by Crippen LogP contribution is -2.45. The molecule has 5 nitrogen and oxygen atoms in total. The first-order valence-corrected chi connectivity index (χ1v) is 14.4. The molecule has 0 radical (unpaired) electrons. The Bertz CT molecular complexity index is 1360. The van der Waals surface area contributed by atoms with Crippen LogP contribution in [0.25, 0.3) is 11.1 Å². The summed E-state index contributed by atoms with van der Waals surface area (Å²) in [6, 6.07) is 6.36. The Morgan fingerprint density at radius 1 is 1.24 bits per heavy atom. The standard InChI is InChI=1S/C26H31ClN3O2S2/c1-4-30-22(14-21-28(2)18-11-9-15-7-5-6-8-17(15)23(18)32-21)34-24(25(30)31)26-29(3)19-13-16(27)10-12-20(19)33-26/h10,12-15,17-18,23H,4-9,11H2,1-3H3/q+1/b26-24-. The minimum absolute atomic E-state index is 0.0676. The van der Waals surface area contributed by atoms with E-state index >= 15 is 0 Å². The van der Waals surface area contributed by atoms with E-state index in [-0.39, 0.29) is 5.56 Å². The molecule has 2 aromatic rings. The SMILES string of the molecule is CCn1c(=CC2=[N+](C)C3CCC4CCCCC4C3O2)s/c(=C2\Sc3ccc(Cl)cc3N2C)c1=O. The van der Waals surface area contributed by atoms with Crippen LogP contribution in [0.5, 0.6) is 0 Å². The quantitative estimate of drug-likeness (QED) is 0.564. The van der Waals surface area contributed by atoms with Gasteiger partial charge in [0.2, 0.25) is 0 Å². The van der Waals surface area contributed by atoms with Crippen molar-refractivity contribution < 1.29 is 9.31 Å². The minimum Gasteiger partial charge on any atom is -0.434 e. The van der Waals surface area contributed by atoms with Crippen LogP contribution >= 0.6 is 34.7 Å². The van der Waals surface area contributed by atoms with E-state index in [2.05, 4.69) is 22.6 Å². The highest BCUT2D eigenvalue weighted by Crippen LogP contribution is 2.46. The number of fused-ring (bicyclic) bond motifs is 4. The maximum Gasteiger partial charge on any atom is 0.366 e. The zero-order chi connectivity index (χ0) is 23.6. The van der Waals surface area contributed by atoms with Crippen LogP contribution in [-0.4, -0.2) is 41.3 Å². The zero-order valence-electron chi connectivity index (χ0n) is 19.9. The Hall–Kier alpha value is -1.70. The molecule has 0 spiro atoms. The van der Waals surface area contributed by atoms with Crippen molar-refractivity contribution in [2.45, 2.75) is 69.0 Å². The molecule has 1 aromatic carbocycles. The second-order valence-electron chi connectivity index (χ2n) is 9.93. The van der Waals surface area contributed by atoms with Crippen molar-refractivity contribution >= 4 is 57.4 Å². The Morgan fingerprint density at radius 3 is 2.88 bits per heavy atom. The topological polar surface area (TPSA) is 37.5 Å². The second kappa shape index (κ2) is 8.75. The molecule has 2 aliphatic heterocycles. The average Bonchev–Trinajstić information content (AvgIpc) is 3.45. The predicted molar refractivity (Wildman–Crippen MR) is 142 cm³/mol. The van der Waals surface area contributed by atoms with Gasteiger partial charge in [0.25, 0.3) is 5.56 Å². The molecule has 6 rings (SSSR count). The fourth-order valence-electron chi connectivity index (χ4n) is 6.36. The number of anilines is 1. The largest absolute Gasteiger partial charge is 0.434 e. The number of hydrogen-bond donors (Lipinski definition) is 0. The summed E-state index contributed by atoms with van der Waals surface area (Å²) in [6.45, 7) is 2.67. The van der Waals surface area contributed by atoms with Gasteiger partial charge in [-0.25, -0.2) is 0 Å². The lowest BCUT2D eigenvalue weighted by Gasteiger charge is -2.39. The molecule has 2 fully saturated rings. The lowest BCUT2D eigenvalue weighted by molar-refractivity contribution is -0.535. The van der Waals surface area contributed by atoms with E-state index in [1.165, 1.54) is 38.5 Å². The summed E-state index contributed by atoms with van der Waals surface area (Å²) >= 11 is 9.44. The highest BCUT2D eigenvalue weighted by molar-refractivity contribution is 8.08. The van der Waals surface area contributed by atoms with Gasteiger partial charge in [-0.3, -0.25) is 9.36 Å². The molecule has 0 N–H and O–H groups in total. The predicted octanol–water partition coefficient (Wildman–Crippen LogP) is 4.08. The van der Waals surface area contributed by atoms with Crippen LogP contribution in [0, 0.1) is 11.8 Å². The molecule has 1 aromatic heterocycles. The summed E-state index contributed by atoms with van der Waals surface area (Å²) in [4.78, 5) is 16.7. The maximum atomic E-state index is 13.5. The number of hydrogen-bond acceptors (Lipinski definition) is 5. The molecule has 4 aliphatic rings. The number of nitrogens with zero attached hydrogens (tertiary/aromatic N) is 3. The first kappa shape index (κ1) is 22.7. The number of rotatable bonds is 2. The van der Waals surface area contributed by atoms with E-state index in [9.17, 15) is 4.79 Å². The molecular weight excluding hydrogens is 486 g/mol. The van der Waals surface area contributed by atoms with Gasteiger partial charge in [-0.05, 0) is 43.9 Å². The van der Waals surface area contributed by atoms with E-state index in [1.54, 1.807) is 23.1 Å². The second-order valence-corrected chi connectivity index (χ2v) is 12.4. The van der Waals surface area contributed by atoms with Crippen molar-refractivity contribution in [2.75, 3.05) is 19.0 Å². The van der Waals surface area contributed by atoms with Crippen molar-refractivity contribution in [1.29, 1.82) is 0 Å². The van der Waals surface area contributed by atoms with Gasteiger partial charge in [0.1, 0.15) is 21.3 Å². The summed E-state index contributed by atoms with van der Waals surface area (Å²) in [6.07, 6.45) is 10.3. The van der Waals surface area contributed by atoms with Crippen molar-refractivity contribution in [3.63, 3.8) is 0 Å². The minimum atomic E-state index is 0.0676. The number of thiazole rings is 1. The number of benzene rings is 1. The Labute approximate surface area is 213 Å². The third-order valence-electron chi connectivity index (χ3n) is 8.17. The summed E-state index contributed by atoms with van der Waals surface area (Å²) in [5, 5.41) is 1.68. The van der Waals surface area contributed by atoms with Crippen LogP contribution in [0.3, 0.4) is 0 Å². The van der Waals surface area contributed by atoms with Gasteiger partial charge in [0.05, 0.1) is 11.8 Å². The van der Waals surface area contributed by atoms with E-state index < -0.39 is 0 Å². The molecular formula is C26H31ClN3O2S2+. The molecule has 8 heteroatoms. The Kier molecular flexibility index (Phi) is 5.85. The van der Waals surface area contributed by atoms with Gasteiger partial charge in [0.15, 0.2) is 12.1 Å². The van der Waals surface area contributed by atoms with Crippen LogP contribution < -0.4 is 19.7 Å². The molecule has 0 saturated heterocycles. The highest BCUT2D eigenvalue weighted by Gasteiger charge is 2.51. The smallest absolute Gasteiger partial charge is 0.366 e. The Morgan fingerprint density at radius 2 is 2.06 bits per heavy atom. The number of halogens is 1. The normalized spacial score (nSPS) is 30.4. The number of thioether (sulfide) groups is 1. The molecule has 2 aliphatic carbocycles. The summed E-state index contributed by atoms with van der Waals surface area (Å²) < 4.78 is 12.6. The van der Waals surface area contributed by atoms with E-state index in [0.717, 1.165) is 36.6 Å². The fraction of sp³-hybridized carbons (Fsp3) is 0.538. The van der Waals surface area contributed by atoms with Crippen molar-refractivity contribution in [1.82, 2.24) is 4.57 Å². The molecule has 2 saturated carbocycles.